The second-order valence-corrected chi connectivity index (χ2v) is 5.31. The zero-order valence-electron chi connectivity index (χ0n) is 13.4. The molecule has 0 saturated heterocycles. The van der Waals surface area contributed by atoms with Crippen molar-refractivity contribution in [3.63, 3.8) is 0 Å². The van der Waals surface area contributed by atoms with Gasteiger partial charge in [0.15, 0.2) is 0 Å². The summed E-state index contributed by atoms with van der Waals surface area (Å²) >= 11 is 0. The van der Waals surface area contributed by atoms with Crippen molar-refractivity contribution in [2.24, 2.45) is 5.10 Å². The molecular formula is C18H25FN2O. The van der Waals surface area contributed by atoms with Crippen LogP contribution in [-0.4, -0.2) is 11.6 Å². The number of carbonyl (C=O) groups excluding carboxylic acids is 1. The third-order valence-electron chi connectivity index (χ3n) is 3.27. The number of rotatable bonds is 9. The second-order valence-electron chi connectivity index (χ2n) is 5.31. The summed E-state index contributed by atoms with van der Waals surface area (Å²) in [5.74, 6) is -0.349. The van der Waals surface area contributed by atoms with Crippen molar-refractivity contribution in [2.75, 3.05) is 0 Å². The van der Waals surface area contributed by atoms with Gasteiger partial charge in [0.05, 0.1) is 5.71 Å². The standard InChI is InChI=1S/C18H25FN2O/c1-3-4-5-6-7-12-18(22)21-20-15(2)13-14-16-10-8-9-11-17(16)19/h8-11,13-14H,3-7,12H2,1-2H3,(H,21,22). The zero-order valence-corrected chi connectivity index (χ0v) is 13.4. The van der Waals surface area contributed by atoms with Gasteiger partial charge in [0.2, 0.25) is 5.91 Å². The Hall–Kier alpha value is -1.97. The van der Waals surface area contributed by atoms with Crippen LogP contribution in [0.15, 0.2) is 35.4 Å². The lowest BCUT2D eigenvalue weighted by Gasteiger charge is -2.01. The molecule has 0 fully saturated rings. The van der Waals surface area contributed by atoms with Crippen molar-refractivity contribution in [1.29, 1.82) is 0 Å². The van der Waals surface area contributed by atoms with E-state index < -0.39 is 0 Å². The molecule has 0 aliphatic carbocycles. The summed E-state index contributed by atoms with van der Waals surface area (Å²) in [6.45, 7) is 3.93. The van der Waals surface area contributed by atoms with Gasteiger partial charge in [-0.25, -0.2) is 9.82 Å². The number of allylic oxidation sites excluding steroid dienone is 1. The maximum atomic E-state index is 13.4. The number of hydrogen-bond donors (Lipinski definition) is 1. The molecule has 0 atom stereocenters. The lowest BCUT2D eigenvalue weighted by molar-refractivity contribution is -0.121. The first kappa shape index (κ1) is 18.1. The maximum Gasteiger partial charge on any atom is 0.240 e. The lowest BCUT2D eigenvalue weighted by Crippen LogP contribution is -2.18. The van der Waals surface area contributed by atoms with Gasteiger partial charge in [-0.1, -0.05) is 56.9 Å². The zero-order chi connectivity index (χ0) is 16.2. The van der Waals surface area contributed by atoms with Crippen LogP contribution in [0.25, 0.3) is 6.08 Å². The van der Waals surface area contributed by atoms with E-state index in [1.807, 2.05) is 0 Å². The number of nitrogens with one attached hydrogen (secondary N) is 1. The minimum atomic E-state index is -0.275. The van der Waals surface area contributed by atoms with Crippen LogP contribution in [0.1, 0.15) is 57.9 Å². The van der Waals surface area contributed by atoms with E-state index in [0.29, 0.717) is 17.7 Å². The van der Waals surface area contributed by atoms with E-state index in [9.17, 15) is 9.18 Å². The van der Waals surface area contributed by atoms with Crippen LogP contribution >= 0.6 is 0 Å². The third kappa shape index (κ3) is 7.72. The molecule has 1 aromatic carbocycles. The van der Waals surface area contributed by atoms with Crippen LogP contribution in [0.4, 0.5) is 4.39 Å². The fraction of sp³-hybridized carbons (Fsp3) is 0.444. The monoisotopic (exact) mass is 304 g/mol. The summed E-state index contributed by atoms with van der Waals surface area (Å²) < 4.78 is 13.4. The van der Waals surface area contributed by atoms with Crippen molar-refractivity contribution in [2.45, 2.75) is 52.4 Å². The average molecular weight is 304 g/mol. The van der Waals surface area contributed by atoms with Gasteiger partial charge in [-0.05, 0) is 25.5 Å². The Morgan fingerprint density at radius 2 is 1.95 bits per heavy atom. The molecule has 1 aromatic rings. The Labute approximate surface area is 132 Å². The molecule has 120 valence electrons. The van der Waals surface area contributed by atoms with Crippen LogP contribution in [0, 0.1) is 5.82 Å². The maximum absolute atomic E-state index is 13.4. The van der Waals surface area contributed by atoms with Gasteiger partial charge in [-0.3, -0.25) is 4.79 Å². The molecule has 3 nitrogen and oxygen atoms in total. The highest BCUT2D eigenvalue weighted by atomic mass is 19.1. The molecular weight excluding hydrogens is 279 g/mol. The first-order valence-electron chi connectivity index (χ1n) is 7.89. The van der Waals surface area contributed by atoms with Crippen LogP contribution < -0.4 is 5.43 Å². The fourth-order valence-electron chi connectivity index (χ4n) is 1.95. The van der Waals surface area contributed by atoms with E-state index in [1.54, 1.807) is 37.3 Å². The molecule has 0 aliphatic heterocycles. The van der Waals surface area contributed by atoms with Gasteiger partial charge in [0.1, 0.15) is 5.82 Å². The normalized spacial score (nSPS) is 11.9. The van der Waals surface area contributed by atoms with Gasteiger partial charge in [-0.2, -0.15) is 5.10 Å². The first-order chi connectivity index (χ1) is 10.6. The van der Waals surface area contributed by atoms with Crippen molar-refractivity contribution in [3.8, 4) is 0 Å². The third-order valence-corrected chi connectivity index (χ3v) is 3.27. The number of nitrogens with zero attached hydrogens (tertiary/aromatic N) is 1. The molecule has 0 bridgehead atoms. The Bertz CT molecular complexity index is 524. The summed E-state index contributed by atoms with van der Waals surface area (Å²) in [6, 6.07) is 6.52. The van der Waals surface area contributed by atoms with Crippen molar-refractivity contribution < 1.29 is 9.18 Å². The van der Waals surface area contributed by atoms with Gasteiger partial charge in [-0.15, -0.1) is 0 Å². The summed E-state index contributed by atoms with van der Waals surface area (Å²) in [6.07, 6.45) is 9.40. The number of carbonyl (C=O) groups is 1. The highest BCUT2D eigenvalue weighted by molar-refractivity contribution is 5.96. The fourth-order valence-corrected chi connectivity index (χ4v) is 1.95. The topological polar surface area (TPSA) is 41.5 Å². The lowest BCUT2D eigenvalue weighted by atomic mass is 10.1. The van der Waals surface area contributed by atoms with Crippen molar-refractivity contribution in [3.05, 3.63) is 41.7 Å². The molecule has 4 heteroatoms. The predicted molar refractivity (Wildman–Crippen MR) is 90.1 cm³/mol. The van der Waals surface area contributed by atoms with E-state index in [1.165, 1.54) is 25.3 Å². The number of benzene rings is 1. The summed E-state index contributed by atoms with van der Waals surface area (Å²) in [4.78, 5) is 11.6. The van der Waals surface area contributed by atoms with Gasteiger partial charge < -0.3 is 0 Å². The SMILES string of the molecule is CCCCCCCC(=O)NN=C(C)C=Cc1ccccc1F. The minimum Gasteiger partial charge on any atom is -0.273 e. The molecule has 1 rings (SSSR count). The largest absolute Gasteiger partial charge is 0.273 e. The number of hydrazone groups is 1. The molecule has 22 heavy (non-hydrogen) atoms. The van der Waals surface area contributed by atoms with Crippen LogP contribution in [-0.2, 0) is 4.79 Å². The van der Waals surface area contributed by atoms with E-state index in [0.717, 1.165) is 12.8 Å². The molecule has 0 unspecified atom stereocenters. The van der Waals surface area contributed by atoms with E-state index >= 15 is 0 Å². The summed E-state index contributed by atoms with van der Waals surface area (Å²) in [7, 11) is 0. The predicted octanol–water partition coefficient (Wildman–Crippen LogP) is 4.69. The average Bonchev–Trinajstić information content (AvgIpc) is 2.52. The summed E-state index contributed by atoms with van der Waals surface area (Å²) in [5.41, 5.74) is 3.65. The molecule has 1 N–H and O–H groups in total. The van der Waals surface area contributed by atoms with E-state index in [-0.39, 0.29) is 11.7 Å². The van der Waals surface area contributed by atoms with Gasteiger partial charge in [0, 0.05) is 12.0 Å². The Balaban J connectivity index is 2.33. The van der Waals surface area contributed by atoms with Gasteiger partial charge in [0.25, 0.3) is 0 Å². The van der Waals surface area contributed by atoms with Gasteiger partial charge >= 0.3 is 0 Å². The highest BCUT2D eigenvalue weighted by Gasteiger charge is 1.99. The molecule has 0 saturated carbocycles. The smallest absolute Gasteiger partial charge is 0.240 e. The van der Waals surface area contributed by atoms with Crippen molar-refractivity contribution in [1.82, 2.24) is 5.43 Å². The van der Waals surface area contributed by atoms with E-state index in [2.05, 4.69) is 17.5 Å². The van der Waals surface area contributed by atoms with Crippen LogP contribution in [0.3, 0.4) is 0 Å². The molecule has 0 radical (unpaired) electrons. The Morgan fingerprint density at radius 3 is 2.68 bits per heavy atom. The van der Waals surface area contributed by atoms with Crippen LogP contribution in [0.2, 0.25) is 0 Å². The van der Waals surface area contributed by atoms with Crippen LogP contribution in [0.5, 0.6) is 0 Å². The summed E-state index contributed by atoms with van der Waals surface area (Å²) in [5, 5.41) is 3.99. The minimum absolute atomic E-state index is 0.0739. The quantitative estimate of drug-likeness (QED) is 0.401. The number of amides is 1. The molecule has 0 aliphatic rings. The number of unbranched alkanes of at least 4 members (excludes halogenated alkanes) is 4. The molecule has 1 amide bonds. The second kappa shape index (κ2) is 10.7. The molecule has 0 aromatic heterocycles. The molecule has 0 heterocycles. The van der Waals surface area contributed by atoms with Crippen molar-refractivity contribution >= 4 is 17.7 Å². The first-order valence-corrected chi connectivity index (χ1v) is 7.89. The Morgan fingerprint density at radius 1 is 1.23 bits per heavy atom. The van der Waals surface area contributed by atoms with E-state index in [4.69, 9.17) is 0 Å². The highest BCUT2D eigenvalue weighted by Crippen LogP contribution is 2.08. The molecule has 0 spiro atoms. The Kier molecular flexibility index (Phi) is 8.80. The number of hydrogen-bond acceptors (Lipinski definition) is 2. The number of halogens is 1.